The van der Waals surface area contributed by atoms with E-state index < -0.39 is 0 Å². The molecule has 0 fully saturated rings. The number of rotatable bonds is 7. The molecular formula is C17H22N2O. The Hall–Kier alpha value is -1.84. The Labute approximate surface area is 120 Å². The molecule has 0 spiro atoms. The molecule has 0 aliphatic rings. The van der Waals surface area contributed by atoms with Crippen LogP contribution >= 0.6 is 0 Å². The minimum Gasteiger partial charge on any atom is -0.497 e. The number of hydrogen-bond donors (Lipinski definition) is 2. The summed E-state index contributed by atoms with van der Waals surface area (Å²) in [7, 11) is 1.68. The van der Waals surface area contributed by atoms with Crippen molar-refractivity contribution in [2.45, 2.75) is 12.5 Å². The summed E-state index contributed by atoms with van der Waals surface area (Å²) in [5.41, 5.74) is 7.09. The van der Waals surface area contributed by atoms with E-state index in [1.165, 1.54) is 16.3 Å². The molecule has 3 nitrogen and oxygen atoms in total. The van der Waals surface area contributed by atoms with E-state index in [0.717, 1.165) is 18.7 Å². The largest absolute Gasteiger partial charge is 0.497 e. The fraction of sp³-hybridized carbons (Fsp3) is 0.294. The van der Waals surface area contributed by atoms with Gasteiger partial charge in [0.25, 0.3) is 0 Å². The first kappa shape index (κ1) is 14.6. The summed E-state index contributed by atoms with van der Waals surface area (Å²) in [4.78, 5) is 0. The van der Waals surface area contributed by atoms with Crippen LogP contribution in [0.4, 0.5) is 0 Å². The maximum atomic E-state index is 5.87. The summed E-state index contributed by atoms with van der Waals surface area (Å²) in [5.74, 6) is 0.879. The predicted molar refractivity (Wildman–Crippen MR) is 85.1 cm³/mol. The molecule has 0 saturated carbocycles. The van der Waals surface area contributed by atoms with Gasteiger partial charge < -0.3 is 15.8 Å². The van der Waals surface area contributed by atoms with Crippen LogP contribution in [0.2, 0.25) is 0 Å². The highest BCUT2D eigenvalue weighted by Crippen LogP contribution is 2.24. The molecule has 1 unspecified atom stereocenters. The molecule has 0 bridgehead atoms. The number of nitrogens with two attached hydrogens (primary N) is 1. The molecule has 106 valence electrons. The van der Waals surface area contributed by atoms with Gasteiger partial charge in [-0.2, -0.15) is 0 Å². The van der Waals surface area contributed by atoms with Crippen molar-refractivity contribution >= 4 is 10.8 Å². The van der Waals surface area contributed by atoms with Gasteiger partial charge in [-0.05, 0) is 47.5 Å². The zero-order chi connectivity index (χ0) is 14.4. The second-order valence-electron chi connectivity index (χ2n) is 4.79. The van der Waals surface area contributed by atoms with Gasteiger partial charge in [-0.15, -0.1) is 6.58 Å². The monoisotopic (exact) mass is 270 g/mol. The summed E-state index contributed by atoms with van der Waals surface area (Å²) in [6.07, 6.45) is 2.86. The lowest BCUT2D eigenvalue weighted by Crippen LogP contribution is -2.28. The Balaban J connectivity index is 2.23. The minimum atomic E-state index is 0.182. The predicted octanol–water partition coefficient (Wildman–Crippen LogP) is 3.01. The first-order valence-electron chi connectivity index (χ1n) is 6.90. The van der Waals surface area contributed by atoms with Crippen molar-refractivity contribution in [1.82, 2.24) is 5.32 Å². The third-order valence-corrected chi connectivity index (χ3v) is 3.45. The highest BCUT2D eigenvalue weighted by molar-refractivity contribution is 5.84. The molecule has 1 atom stereocenters. The average molecular weight is 270 g/mol. The molecule has 0 amide bonds. The quantitative estimate of drug-likeness (QED) is 0.600. The SMILES string of the molecule is C=CCCNC(CN)c1ccc2cc(OC)ccc2c1. The normalized spacial score (nSPS) is 12.3. The van der Waals surface area contributed by atoms with E-state index in [-0.39, 0.29) is 6.04 Å². The second kappa shape index (κ2) is 7.08. The number of benzene rings is 2. The molecule has 3 N–H and O–H groups in total. The van der Waals surface area contributed by atoms with Gasteiger partial charge in [0.15, 0.2) is 0 Å². The Morgan fingerprint density at radius 2 is 2.00 bits per heavy atom. The third kappa shape index (κ3) is 3.38. The van der Waals surface area contributed by atoms with Crippen LogP contribution in [-0.2, 0) is 0 Å². The Bertz CT molecular complexity index is 580. The zero-order valence-electron chi connectivity index (χ0n) is 11.9. The molecular weight excluding hydrogens is 248 g/mol. The van der Waals surface area contributed by atoms with Crippen LogP contribution in [0, 0.1) is 0 Å². The highest BCUT2D eigenvalue weighted by Gasteiger charge is 2.09. The van der Waals surface area contributed by atoms with Gasteiger partial charge in [-0.1, -0.05) is 24.3 Å². The molecule has 2 aromatic carbocycles. The van der Waals surface area contributed by atoms with Crippen LogP contribution in [0.5, 0.6) is 5.75 Å². The fourth-order valence-corrected chi connectivity index (χ4v) is 2.28. The van der Waals surface area contributed by atoms with Crippen LogP contribution in [0.15, 0.2) is 49.1 Å². The molecule has 0 heterocycles. The van der Waals surface area contributed by atoms with E-state index in [2.05, 4.69) is 36.2 Å². The minimum absolute atomic E-state index is 0.182. The average Bonchev–Trinajstić information content (AvgIpc) is 2.50. The summed E-state index contributed by atoms with van der Waals surface area (Å²) in [5, 5.41) is 5.83. The van der Waals surface area contributed by atoms with Crippen molar-refractivity contribution in [3.8, 4) is 5.75 Å². The molecule has 2 rings (SSSR count). The number of ether oxygens (including phenoxy) is 1. The highest BCUT2D eigenvalue weighted by atomic mass is 16.5. The van der Waals surface area contributed by atoms with E-state index in [4.69, 9.17) is 10.5 Å². The van der Waals surface area contributed by atoms with Crippen LogP contribution in [0.3, 0.4) is 0 Å². The molecule has 20 heavy (non-hydrogen) atoms. The van der Waals surface area contributed by atoms with Crippen LogP contribution in [-0.4, -0.2) is 20.2 Å². The Kier molecular flexibility index (Phi) is 5.16. The molecule has 0 aliphatic carbocycles. The van der Waals surface area contributed by atoms with Crippen molar-refractivity contribution in [2.24, 2.45) is 5.73 Å². The lowest BCUT2D eigenvalue weighted by atomic mass is 10.0. The van der Waals surface area contributed by atoms with Crippen LogP contribution < -0.4 is 15.8 Å². The number of methoxy groups -OCH3 is 1. The second-order valence-corrected chi connectivity index (χ2v) is 4.79. The van der Waals surface area contributed by atoms with Gasteiger partial charge in [0, 0.05) is 12.6 Å². The lowest BCUT2D eigenvalue weighted by Gasteiger charge is -2.17. The third-order valence-electron chi connectivity index (χ3n) is 3.45. The van der Waals surface area contributed by atoms with Crippen LogP contribution in [0.1, 0.15) is 18.0 Å². The number of fused-ring (bicyclic) bond motifs is 1. The van der Waals surface area contributed by atoms with E-state index in [1.54, 1.807) is 7.11 Å². The van der Waals surface area contributed by atoms with E-state index in [9.17, 15) is 0 Å². The van der Waals surface area contributed by atoms with E-state index >= 15 is 0 Å². The summed E-state index contributed by atoms with van der Waals surface area (Å²) in [6.45, 7) is 5.21. The van der Waals surface area contributed by atoms with Crippen LogP contribution in [0.25, 0.3) is 10.8 Å². The first-order chi connectivity index (χ1) is 9.78. The van der Waals surface area contributed by atoms with E-state index in [1.807, 2.05) is 18.2 Å². The van der Waals surface area contributed by atoms with Crippen molar-refractivity contribution in [3.05, 3.63) is 54.6 Å². The fourth-order valence-electron chi connectivity index (χ4n) is 2.28. The number of hydrogen-bond acceptors (Lipinski definition) is 3. The van der Waals surface area contributed by atoms with Crippen molar-refractivity contribution < 1.29 is 4.74 Å². The van der Waals surface area contributed by atoms with Crippen molar-refractivity contribution in [2.75, 3.05) is 20.2 Å². The van der Waals surface area contributed by atoms with Gasteiger partial charge in [-0.25, -0.2) is 0 Å². The zero-order valence-corrected chi connectivity index (χ0v) is 11.9. The topological polar surface area (TPSA) is 47.3 Å². The Morgan fingerprint density at radius 3 is 2.70 bits per heavy atom. The van der Waals surface area contributed by atoms with Gasteiger partial charge in [0.1, 0.15) is 5.75 Å². The van der Waals surface area contributed by atoms with Gasteiger partial charge >= 0.3 is 0 Å². The van der Waals surface area contributed by atoms with Crippen molar-refractivity contribution in [1.29, 1.82) is 0 Å². The standard InChI is InChI=1S/C17H22N2O/c1-3-4-9-19-17(12-18)15-6-5-14-11-16(20-2)8-7-13(14)10-15/h3,5-8,10-11,17,19H,1,4,9,12,18H2,2H3. The Morgan fingerprint density at radius 1 is 1.25 bits per heavy atom. The lowest BCUT2D eigenvalue weighted by molar-refractivity contribution is 0.415. The van der Waals surface area contributed by atoms with E-state index in [0.29, 0.717) is 6.54 Å². The molecule has 0 radical (unpaired) electrons. The summed E-state index contributed by atoms with van der Waals surface area (Å²) < 4.78 is 5.24. The molecule has 3 heteroatoms. The molecule has 0 saturated heterocycles. The summed E-state index contributed by atoms with van der Waals surface area (Å²) >= 11 is 0. The van der Waals surface area contributed by atoms with Gasteiger partial charge in [0.05, 0.1) is 7.11 Å². The van der Waals surface area contributed by atoms with Crippen molar-refractivity contribution in [3.63, 3.8) is 0 Å². The van der Waals surface area contributed by atoms with Gasteiger partial charge in [-0.3, -0.25) is 0 Å². The molecule has 2 aromatic rings. The smallest absolute Gasteiger partial charge is 0.119 e. The summed E-state index contributed by atoms with van der Waals surface area (Å²) in [6, 6.07) is 12.7. The maximum Gasteiger partial charge on any atom is 0.119 e. The first-order valence-corrected chi connectivity index (χ1v) is 6.90. The maximum absolute atomic E-state index is 5.87. The van der Waals surface area contributed by atoms with Gasteiger partial charge in [0.2, 0.25) is 0 Å². The number of nitrogens with one attached hydrogen (secondary N) is 1. The molecule has 0 aliphatic heterocycles. The molecule has 0 aromatic heterocycles.